The first-order valence-corrected chi connectivity index (χ1v) is 8.79. The van der Waals surface area contributed by atoms with Gasteiger partial charge in [0.05, 0.1) is 11.5 Å². The van der Waals surface area contributed by atoms with Crippen LogP contribution in [0.3, 0.4) is 0 Å². The molecule has 3 nitrogen and oxygen atoms in total. The predicted octanol–water partition coefficient (Wildman–Crippen LogP) is 2.32. The second-order valence-electron chi connectivity index (χ2n) is 4.88. The van der Waals surface area contributed by atoms with Gasteiger partial charge in [-0.1, -0.05) is 28.1 Å². The van der Waals surface area contributed by atoms with E-state index in [2.05, 4.69) is 28.1 Å². The highest BCUT2D eigenvalue weighted by molar-refractivity contribution is 9.10. The third kappa shape index (κ3) is 3.33. The lowest BCUT2D eigenvalue weighted by molar-refractivity contribution is 0.389. The van der Waals surface area contributed by atoms with E-state index in [0.29, 0.717) is 24.0 Å². The van der Waals surface area contributed by atoms with E-state index in [1.54, 1.807) is 0 Å². The molecule has 1 heterocycles. The predicted molar refractivity (Wildman–Crippen MR) is 77.3 cm³/mol. The van der Waals surface area contributed by atoms with E-state index in [-0.39, 0.29) is 5.92 Å². The van der Waals surface area contributed by atoms with Gasteiger partial charge in [-0.3, -0.25) is 0 Å². The fraction of sp³-hybridized carbons (Fsp3) is 0.538. The van der Waals surface area contributed by atoms with Gasteiger partial charge in [0.1, 0.15) is 9.84 Å². The third-order valence-corrected chi connectivity index (χ3v) is 5.96. The topological polar surface area (TPSA) is 60.2 Å². The van der Waals surface area contributed by atoms with Gasteiger partial charge in [0, 0.05) is 4.47 Å². The molecule has 1 aliphatic heterocycles. The van der Waals surface area contributed by atoms with Crippen molar-refractivity contribution < 1.29 is 8.42 Å². The van der Waals surface area contributed by atoms with Gasteiger partial charge in [-0.15, -0.1) is 0 Å². The summed E-state index contributed by atoms with van der Waals surface area (Å²) in [7, 11) is -2.79. The van der Waals surface area contributed by atoms with Crippen molar-refractivity contribution in [2.75, 3.05) is 18.1 Å². The molecular formula is C13H18BrNO2S. The number of benzene rings is 1. The summed E-state index contributed by atoms with van der Waals surface area (Å²) < 4.78 is 24.0. The van der Waals surface area contributed by atoms with Gasteiger partial charge >= 0.3 is 0 Å². The molecule has 1 unspecified atom stereocenters. The number of rotatable bonds is 3. The van der Waals surface area contributed by atoms with Crippen LogP contribution >= 0.6 is 15.9 Å². The maximum absolute atomic E-state index is 11.5. The molecule has 0 amide bonds. The maximum atomic E-state index is 11.5. The standard InChI is InChI=1S/C13H18BrNO2S/c14-12-3-1-10(2-4-12)13(9-15)11-5-7-18(16,17)8-6-11/h1-4,11,13H,5-9,15H2. The van der Waals surface area contributed by atoms with Crippen molar-refractivity contribution in [1.82, 2.24) is 0 Å². The molecule has 0 aliphatic carbocycles. The Bertz CT molecular complexity index is 484. The average Bonchev–Trinajstić information content (AvgIpc) is 2.34. The van der Waals surface area contributed by atoms with Crippen LogP contribution in [-0.4, -0.2) is 26.5 Å². The van der Waals surface area contributed by atoms with Crippen LogP contribution < -0.4 is 5.73 Å². The van der Waals surface area contributed by atoms with E-state index in [0.717, 1.165) is 17.3 Å². The van der Waals surface area contributed by atoms with E-state index in [9.17, 15) is 8.42 Å². The number of hydrogen-bond acceptors (Lipinski definition) is 3. The Morgan fingerprint density at radius 1 is 1.22 bits per heavy atom. The zero-order valence-electron chi connectivity index (χ0n) is 10.2. The van der Waals surface area contributed by atoms with E-state index < -0.39 is 9.84 Å². The summed E-state index contributed by atoms with van der Waals surface area (Å²) >= 11 is 3.42. The van der Waals surface area contributed by atoms with E-state index >= 15 is 0 Å². The SMILES string of the molecule is NCC(c1ccc(Br)cc1)C1CCS(=O)(=O)CC1. The Morgan fingerprint density at radius 3 is 2.28 bits per heavy atom. The van der Waals surface area contributed by atoms with Crippen LogP contribution in [0.25, 0.3) is 0 Å². The molecule has 1 saturated heterocycles. The van der Waals surface area contributed by atoms with Crippen molar-refractivity contribution in [2.45, 2.75) is 18.8 Å². The molecule has 0 aromatic heterocycles. The Morgan fingerprint density at radius 2 is 1.78 bits per heavy atom. The smallest absolute Gasteiger partial charge is 0.150 e. The molecule has 2 rings (SSSR count). The minimum atomic E-state index is -2.79. The van der Waals surface area contributed by atoms with Crippen LogP contribution in [0.1, 0.15) is 24.3 Å². The Hall–Kier alpha value is -0.390. The molecular weight excluding hydrogens is 314 g/mol. The van der Waals surface area contributed by atoms with Crippen LogP contribution in [0.5, 0.6) is 0 Å². The van der Waals surface area contributed by atoms with Crippen LogP contribution in [-0.2, 0) is 9.84 Å². The van der Waals surface area contributed by atoms with Gasteiger partial charge in [-0.05, 0) is 48.9 Å². The molecule has 0 saturated carbocycles. The molecule has 1 aromatic carbocycles. The van der Waals surface area contributed by atoms with Gasteiger partial charge < -0.3 is 5.73 Å². The third-order valence-electron chi connectivity index (χ3n) is 3.72. The molecule has 5 heteroatoms. The lowest BCUT2D eigenvalue weighted by Crippen LogP contribution is -2.30. The number of hydrogen-bond donors (Lipinski definition) is 1. The molecule has 0 spiro atoms. The monoisotopic (exact) mass is 331 g/mol. The Labute approximate surface area is 117 Å². The highest BCUT2D eigenvalue weighted by Crippen LogP contribution is 2.33. The highest BCUT2D eigenvalue weighted by Gasteiger charge is 2.29. The Balaban J connectivity index is 2.12. The van der Waals surface area contributed by atoms with Crippen molar-refractivity contribution in [3.8, 4) is 0 Å². The second kappa shape index (κ2) is 5.72. The van der Waals surface area contributed by atoms with Crippen LogP contribution in [0.4, 0.5) is 0 Å². The van der Waals surface area contributed by atoms with Crippen molar-refractivity contribution in [2.24, 2.45) is 11.7 Å². The molecule has 0 radical (unpaired) electrons. The van der Waals surface area contributed by atoms with Crippen LogP contribution in [0.15, 0.2) is 28.7 Å². The minimum absolute atomic E-state index is 0.272. The zero-order chi connectivity index (χ0) is 13.2. The molecule has 1 atom stereocenters. The number of nitrogens with two attached hydrogens (primary N) is 1. The summed E-state index contributed by atoms with van der Waals surface area (Å²) in [6.07, 6.45) is 1.47. The van der Waals surface area contributed by atoms with Crippen molar-refractivity contribution >= 4 is 25.8 Å². The molecule has 100 valence electrons. The van der Waals surface area contributed by atoms with Gasteiger partial charge in [-0.25, -0.2) is 8.42 Å². The zero-order valence-corrected chi connectivity index (χ0v) is 12.6. The summed E-state index contributed by atoms with van der Waals surface area (Å²) in [6, 6.07) is 8.17. The van der Waals surface area contributed by atoms with Gasteiger partial charge in [0.25, 0.3) is 0 Å². The summed E-state index contributed by atoms with van der Waals surface area (Å²) in [5.74, 6) is 1.28. The molecule has 0 bridgehead atoms. The van der Waals surface area contributed by atoms with Crippen LogP contribution in [0, 0.1) is 5.92 Å². The average molecular weight is 332 g/mol. The summed E-state index contributed by atoms with van der Waals surface area (Å²) in [6.45, 7) is 0.576. The second-order valence-corrected chi connectivity index (χ2v) is 8.10. The summed E-state index contributed by atoms with van der Waals surface area (Å²) in [5.41, 5.74) is 7.09. The molecule has 1 aliphatic rings. The minimum Gasteiger partial charge on any atom is -0.330 e. The van der Waals surface area contributed by atoms with E-state index in [1.165, 1.54) is 5.56 Å². The first kappa shape index (κ1) is 14.0. The molecule has 1 fully saturated rings. The number of halogens is 1. The highest BCUT2D eigenvalue weighted by atomic mass is 79.9. The van der Waals surface area contributed by atoms with Gasteiger partial charge in [0.2, 0.25) is 0 Å². The summed E-state index contributed by atoms with van der Waals surface area (Å²) in [4.78, 5) is 0. The lowest BCUT2D eigenvalue weighted by Gasteiger charge is -2.29. The first-order chi connectivity index (χ1) is 8.52. The Kier molecular flexibility index (Phi) is 4.45. The van der Waals surface area contributed by atoms with Gasteiger partial charge in [-0.2, -0.15) is 0 Å². The first-order valence-electron chi connectivity index (χ1n) is 6.18. The largest absolute Gasteiger partial charge is 0.330 e. The summed E-state index contributed by atoms with van der Waals surface area (Å²) in [5, 5.41) is 0. The number of sulfone groups is 1. The quantitative estimate of drug-likeness (QED) is 0.924. The molecule has 18 heavy (non-hydrogen) atoms. The van der Waals surface area contributed by atoms with Crippen molar-refractivity contribution in [3.63, 3.8) is 0 Å². The normalized spacial score (nSPS) is 21.7. The fourth-order valence-corrected chi connectivity index (χ4v) is 4.41. The molecule has 2 N–H and O–H groups in total. The van der Waals surface area contributed by atoms with Crippen molar-refractivity contribution in [3.05, 3.63) is 34.3 Å². The van der Waals surface area contributed by atoms with Gasteiger partial charge in [0.15, 0.2) is 0 Å². The maximum Gasteiger partial charge on any atom is 0.150 e. The van der Waals surface area contributed by atoms with Crippen molar-refractivity contribution in [1.29, 1.82) is 0 Å². The lowest BCUT2D eigenvalue weighted by atomic mass is 9.82. The fourth-order valence-electron chi connectivity index (χ4n) is 2.62. The van der Waals surface area contributed by atoms with Crippen LogP contribution in [0.2, 0.25) is 0 Å². The van der Waals surface area contributed by atoms with E-state index in [4.69, 9.17) is 5.73 Å². The molecule has 1 aromatic rings. The van der Waals surface area contributed by atoms with E-state index in [1.807, 2.05) is 12.1 Å².